The van der Waals surface area contributed by atoms with Crippen LogP contribution in [0.2, 0.25) is 0 Å². The number of imide groups is 1. The molecule has 30 heavy (non-hydrogen) atoms. The minimum Gasteiger partial charge on any atom is -0.368 e. The number of aliphatic imine (C=N–C) groups is 1. The summed E-state index contributed by atoms with van der Waals surface area (Å²) < 4.78 is 0. The Balaban J connectivity index is 1.51. The van der Waals surface area contributed by atoms with E-state index in [1.807, 2.05) is 11.8 Å². The molecule has 0 aromatic carbocycles. The number of amidine groups is 1. The number of carbonyl (C=O) groups excluding carboxylic acids is 2. The summed E-state index contributed by atoms with van der Waals surface area (Å²) in [5.41, 5.74) is 5.93. The number of amides is 3. The molecule has 3 aliphatic rings. The Hall–Kier alpha value is -2.63. The molecule has 0 saturated carbocycles. The summed E-state index contributed by atoms with van der Waals surface area (Å²) in [5.74, 6) is 1.62. The Morgan fingerprint density at radius 1 is 1.10 bits per heavy atom. The number of fused-ring (bicyclic) bond motifs is 1. The van der Waals surface area contributed by atoms with E-state index in [2.05, 4.69) is 24.8 Å². The molecule has 2 unspecified atom stereocenters. The minimum absolute atomic E-state index is 0.206. The van der Waals surface area contributed by atoms with E-state index >= 15 is 0 Å². The number of nitrogen functional groups attached to an aromatic ring is 1. The quantitative estimate of drug-likeness (QED) is 0.726. The number of likely N-dealkylation sites (N-methyl/N-ethyl adjacent to an activating group) is 3. The van der Waals surface area contributed by atoms with Gasteiger partial charge in [-0.15, -0.1) is 0 Å². The molecule has 2 atom stereocenters. The number of piperidine rings is 1. The van der Waals surface area contributed by atoms with Gasteiger partial charge < -0.3 is 20.4 Å². The summed E-state index contributed by atoms with van der Waals surface area (Å²) in [6.45, 7) is 4.42. The maximum absolute atomic E-state index is 12.7. The van der Waals surface area contributed by atoms with E-state index in [0.29, 0.717) is 29.2 Å². The first-order chi connectivity index (χ1) is 14.4. The molecule has 3 aliphatic heterocycles. The monoisotopic (exact) mass is 433 g/mol. The molecule has 4 rings (SSSR count). The highest BCUT2D eigenvalue weighted by molar-refractivity contribution is 8.13. The van der Waals surface area contributed by atoms with E-state index in [-0.39, 0.29) is 17.9 Å². The van der Waals surface area contributed by atoms with Crippen LogP contribution in [0.25, 0.3) is 0 Å². The van der Waals surface area contributed by atoms with Crippen molar-refractivity contribution in [2.24, 2.45) is 4.99 Å². The van der Waals surface area contributed by atoms with Crippen LogP contribution in [0, 0.1) is 0 Å². The van der Waals surface area contributed by atoms with Crippen molar-refractivity contribution < 1.29 is 9.59 Å². The van der Waals surface area contributed by atoms with Gasteiger partial charge in [0, 0.05) is 33.7 Å². The molecule has 12 heteroatoms. The molecular weight excluding hydrogens is 406 g/mol. The number of nitrogens with two attached hydrogens (primary N) is 1. The van der Waals surface area contributed by atoms with Gasteiger partial charge in [-0.1, -0.05) is 11.8 Å². The maximum atomic E-state index is 12.7. The van der Waals surface area contributed by atoms with E-state index in [9.17, 15) is 9.59 Å². The van der Waals surface area contributed by atoms with Gasteiger partial charge in [-0.05, 0) is 26.2 Å². The number of hydrogen-bond donors (Lipinski definition) is 1. The number of hydrogen-bond acceptors (Lipinski definition) is 10. The average molecular weight is 434 g/mol. The predicted octanol–water partition coefficient (Wildman–Crippen LogP) is 0.587. The van der Waals surface area contributed by atoms with Gasteiger partial charge >= 0.3 is 6.03 Å². The first kappa shape index (κ1) is 20.6. The molecule has 0 bridgehead atoms. The number of thioether (sulfide) groups is 1. The maximum Gasteiger partial charge on any atom is 0.328 e. The first-order valence-corrected chi connectivity index (χ1v) is 11.2. The van der Waals surface area contributed by atoms with Crippen molar-refractivity contribution in [3.8, 4) is 0 Å². The lowest BCUT2D eigenvalue weighted by molar-refractivity contribution is -0.136. The van der Waals surface area contributed by atoms with E-state index in [1.165, 1.54) is 30.1 Å². The number of rotatable bonds is 4. The van der Waals surface area contributed by atoms with Crippen LogP contribution in [0.1, 0.15) is 32.0 Å². The Bertz CT molecular complexity index is 873. The van der Waals surface area contributed by atoms with Gasteiger partial charge in [0.05, 0.1) is 5.75 Å². The van der Waals surface area contributed by atoms with Gasteiger partial charge in [0.15, 0.2) is 17.4 Å². The molecule has 1 aromatic rings. The number of urea groups is 1. The lowest BCUT2D eigenvalue weighted by Crippen LogP contribution is -2.63. The molecule has 0 aliphatic carbocycles. The molecule has 2 fully saturated rings. The topological polar surface area (TPSA) is 124 Å². The van der Waals surface area contributed by atoms with Crippen molar-refractivity contribution in [2.75, 3.05) is 44.4 Å². The standard InChI is InChI=1S/C18H27N9O2S/c1-4-27-12-13(24(2)18(29)25(3)14(12)28)22-17(27)30-10-11-20-15(19)23-16(21-11)26-8-6-5-7-9-26/h12-13H,4-10H2,1-3H3,(H2,19,20,21,23). The van der Waals surface area contributed by atoms with Crippen LogP contribution in [0.5, 0.6) is 0 Å². The van der Waals surface area contributed by atoms with Gasteiger partial charge in [-0.2, -0.15) is 15.0 Å². The number of nitrogens with zero attached hydrogens (tertiary/aromatic N) is 8. The molecule has 0 radical (unpaired) electrons. The smallest absolute Gasteiger partial charge is 0.328 e. The van der Waals surface area contributed by atoms with Crippen molar-refractivity contribution in [3.05, 3.63) is 5.82 Å². The van der Waals surface area contributed by atoms with Gasteiger partial charge in [0.1, 0.15) is 5.82 Å². The summed E-state index contributed by atoms with van der Waals surface area (Å²) >= 11 is 1.45. The van der Waals surface area contributed by atoms with Crippen LogP contribution >= 0.6 is 11.8 Å². The fraction of sp³-hybridized carbons (Fsp3) is 0.667. The van der Waals surface area contributed by atoms with Crippen molar-refractivity contribution in [1.82, 2.24) is 29.7 Å². The molecule has 2 saturated heterocycles. The Kier molecular flexibility index (Phi) is 5.67. The summed E-state index contributed by atoms with van der Waals surface area (Å²) in [4.78, 5) is 49.6. The third-order valence-electron chi connectivity index (χ3n) is 5.67. The van der Waals surface area contributed by atoms with Crippen LogP contribution in [-0.2, 0) is 10.5 Å². The molecule has 162 valence electrons. The summed E-state index contributed by atoms with van der Waals surface area (Å²) in [5, 5.41) is 0.703. The van der Waals surface area contributed by atoms with Crippen LogP contribution < -0.4 is 10.6 Å². The summed E-state index contributed by atoms with van der Waals surface area (Å²) in [6, 6.07) is -0.846. The average Bonchev–Trinajstić information content (AvgIpc) is 3.14. The van der Waals surface area contributed by atoms with Crippen LogP contribution in [0.3, 0.4) is 0 Å². The number of carbonyl (C=O) groups is 2. The van der Waals surface area contributed by atoms with Crippen LogP contribution in [-0.4, -0.2) is 92.7 Å². The highest BCUT2D eigenvalue weighted by Crippen LogP contribution is 2.31. The highest BCUT2D eigenvalue weighted by Gasteiger charge is 2.50. The van der Waals surface area contributed by atoms with E-state index in [1.54, 1.807) is 7.05 Å². The normalized spacial score (nSPS) is 24.4. The predicted molar refractivity (Wildman–Crippen MR) is 115 cm³/mol. The zero-order valence-corrected chi connectivity index (χ0v) is 18.3. The zero-order valence-electron chi connectivity index (χ0n) is 17.5. The van der Waals surface area contributed by atoms with Gasteiger partial charge in [0.2, 0.25) is 11.9 Å². The molecular formula is C18H27N9O2S. The zero-order chi connectivity index (χ0) is 21.4. The fourth-order valence-corrected chi connectivity index (χ4v) is 5.02. The second-order valence-electron chi connectivity index (χ2n) is 7.59. The van der Waals surface area contributed by atoms with Crippen LogP contribution in [0.4, 0.5) is 16.7 Å². The van der Waals surface area contributed by atoms with Crippen molar-refractivity contribution in [1.29, 1.82) is 0 Å². The minimum atomic E-state index is -0.518. The lowest BCUT2D eigenvalue weighted by Gasteiger charge is -2.39. The second kappa shape index (κ2) is 8.25. The van der Waals surface area contributed by atoms with Gasteiger partial charge in [-0.3, -0.25) is 9.69 Å². The molecule has 4 heterocycles. The molecule has 1 aromatic heterocycles. The third-order valence-corrected chi connectivity index (χ3v) is 6.67. The van der Waals surface area contributed by atoms with Crippen LogP contribution in [0.15, 0.2) is 4.99 Å². The summed E-state index contributed by atoms with van der Waals surface area (Å²) in [6.07, 6.45) is 2.95. The summed E-state index contributed by atoms with van der Waals surface area (Å²) in [7, 11) is 3.18. The molecule has 0 spiro atoms. The first-order valence-electron chi connectivity index (χ1n) is 10.2. The molecule has 2 N–H and O–H groups in total. The van der Waals surface area contributed by atoms with Gasteiger partial charge in [0.25, 0.3) is 5.91 Å². The Labute approximate surface area is 179 Å². The SMILES string of the molecule is CCN1C(SCc2nc(N)nc(N3CCCCC3)n2)=NC2C1C(=O)N(C)C(=O)N2C. The van der Waals surface area contributed by atoms with Crippen molar-refractivity contribution in [2.45, 2.75) is 44.1 Å². The number of aromatic nitrogens is 3. The van der Waals surface area contributed by atoms with Gasteiger partial charge in [-0.25, -0.2) is 9.79 Å². The Morgan fingerprint density at radius 2 is 1.83 bits per heavy atom. The Morgan fingerprint density at radius 3 is 2.53 bits per heavy atom. The van der Waals surface area contributed by atoms with Crippen molar-refractivity contribution >= 4 is 40.8 Å². The van der Waals surface area contributed by atoms with E-state index < -0.39 is 12.2 Å². The number of anilines is 2. The lowest BCUT2D eigenvalue weighted by atomic mass is 10.1. The highest BCUT2D eigenvalue weighted by atomic mass is 32.2. The van der Waals surface area contributed by atoms with E-state index in [0.717, 1.165) is 30.8 Å². The van der Waals surface area contributed by atoms with Crippen molar-refractivity contribution in [3.63, 3.8) is 0 Å². The van der Waals surface area contributed by atoms with E-state index in [4.69, 9.17) is 5.73 Å². The second-order valence-corrected chi connectivity index (χ2v) is 8.54. The fourth-order valence-electron chi connectivity index (χ4n) is 4.05. The molecule has 11 nitrogen and oxygen atoms in total. The largest absolute Gasteiger partial charge is 0.368 e. The molecule has 3 amide bonds. The third kappa shape index (κ3) is 3.64.